The van der Waals surface area contributed by atoms with E-state index in [9.17, 15) is 4.79 Å². The standard InChI is InChI=1S/C20H22N2O3/c1-22(2)16-9-7-15(8-10-16)6-5-13-21-20(23)18-12-11-17(24-3)14-19(18)25-4/h7-12,14H,13H2,1-4H3,(H,21,23). The van der Waals surface area contributed by atoms with E-state index in [2.05, 4.69) is 17.2 Å². The Morgan fingerprint density at radius 1 is 1.08 bits per heavy atom. The lowest BCUT2D eigenvalue weighted by molar-refractivity contribution is 0.0955. The Bertz CT molecular complexity index is 787. The number of nitrogens with one attached hydrogen (secondary N) is 1. The number of amides is 1. The first kappa shape index (κ1) is 18.2. The van der Waals surface area contributed by atoms with Crippen molar-refractivity contribution in [2.45, 2.75) is 0 Å². The molecule has 0 saturated heterocycles. The molecule has 0 heterocycles. The van der Waals surface area contributed by atoms with Gasteiger partial charge in [0.15, 0.2) is 0 Å². The maximum absolute atomic E-state index is 12.2. The van der Waals surface area contributed by atoms with Crippen molar-refractivity contribution in [2.75, 3.05) is 39.8 Å². The molecule has 2 rings (SSSR count). The predicted octanol–water partition coefficient (Wildman–Crippen LogP) is 2.55. The molecule has 0 aromatic heterocycles. The van der Waals surface area contributed by atoms with Gasteiger partial charge in [-0.25, -0.2) is 0 Å². The van der Waals surface area contributed by atoms with Crippen LogP contribution < -0.4 is 19.7 Å². The molecule has 1 N–H and O–H groups in total. The molecule has 0 aliphatic heterocycles. The first-order valence-corrected chi connectivity index (χ1v) is 7.81. The van der Waals surface area contributed by atoms with Gasteiger partial charge in [-0.3, -0.25) is 4.79 Å². The summed E-state index contributed by atoms with van der Waals surface area (Å²) < 4.78 is 10.4. The Morgan fingerprint density at radius 3 is 2.40 bits per heavy atom. The molecule has 0 atom stereocenters. The van der Waals surface area contributed by atoms with Crippen LogP contribution in [0.1, 0.15) is 15.9 Å². The molecule has 0 aliphatic carbocycles. The summed E-state index contributed by atoms with van der Waals surface area (Å²) in [6.07, 6.45) is 0. The highest BCUT2D eigenvalue weighted by molar-refractivity contribution is 5.97. The summed E-state index contributed by atoms with van der Waals surface area (Å²) in [5.74, 6) is 6.84. The SMILES string of the molecule is COc1ccc(C(=O)NCC#Cc2ccc(N(C)C)cc2)c(OC)c1. The predicted molar refractivity (Wildman–Crippen MR) is 99.5 cm³/mol. The smallest absolute Gasteiger partial charge is 0.255 e. The highest BCUT2D eigenvalue weighted by Gasteiger charge is 2.12. The van der Waals surface area contributed by atoms with E-state index >= 15 is 0 Å². The summed E-state index contributed by atoms with van der Waals surface area (Å²) >= 11 is 0. The van der Waals surface area contributed by atoms with Gasteiger partial charge in [0.25, 0.3) is 5.91 Å². The van der Waals surface area contributed by atoms with E-state index in [1.54, 1.807) is 25.3 Å². The second kappa shape index (κ2) is 8.65. The third-order valence-electron chi connectivity index (χ3n) is 3.61. The Hall–Kier alpha value is -3.13. The molecule has 0 unspecified atom stereocenters. The molecule has 5 nitrogen and oxygen atoms in total. The molecular formula is C20H22N2O3. The molecule has 1 amide bonds. The fourth-order valence-corrected chi connectivity index (χ4v) is 2.19. The normalized spacial score (nSPS) is 9.60. The number of methoxy groups -OCH3 is 2. The van der Waals surface area contributed by atoms with Crippen LogP contribution in [0.15, 0.2) is 42.5 Å². The van der Waals surface area contributed by atoms with Gasteiger partial charge in [-0.05, 0) is 36.4 Å². The van der Waals surface area contributed by atoms with Crippen LogP contribution in [0.2, 0.25) is 0 Å². The number of hydrogen-bond acceptors (Lipinski definition) is 4. The van der Waals surface area contributed by atoms with Crippen LogP contribution in [0.25, 0.3) is 0 Å². The monoisotopic (exact) mass is 338 g/mol. The molecule has 0 fully saturated rings. The molecule has 25 heavy (non-hydrogen) atoms. The number of ether oxygens (including phenoxy) is 2. The van der Waals surface area contributed by atoms with Crippen molar-refractivity contribution in [1.29, 1.82) is 0 Å². The average Bonchev–Trinajstić information content (AvgIpc) is 2.64. The highest BCUT2D eigenvalue weighted by atomic mass is 16.5. The number of benzene rings is 2. The second-order valence-corrected chi connectivity index (χ2v) is 5.49. The lowest BCUT2D eigenvalue weighted by atomic mass is 10.1. The fraction of sp³-hybridized carbons (Fsp3) is 0.250. The van der Waals surface area contributed by atoms with E-state index in [0.717, 1.165) is 11.3 Å². The lowest BCUT2D eigenvalue weighted by Gasteiger charge is -2.11. The minimum Gasteiger partial charge on any atom is -0.497 e. The summed E-state index contributed by atoms with van der Waals surface area (Å²) in [5.41, 5.74) is 2.47. The molecule has 130 valence electrons. The van der Waals surface area contributed by atoms with Gasteiger partial charge >= 0.3 is 0 Å². The van der Waals surface area contributed by atoms with Crippen LogP contribution in [-0.4, -0.2) is 40.8 Å². The molecule has 2 aromatic rings. The summed E-state index contributed by atoms with van der Waals surface area (Å²) in [4.78, 5) is 14.3. The summed E-state index contributed by atoms with van der Waals surface area (Å²) in [6, 6.07) is 13.0. The van der Waals surface area contributed by atoms with Crippen molar-refractivity contribution in [3.8, 4) is 23.3 Å². The molecular weight excluding hydrogens is 316 g/mol. The zero-order valence-electron chi connectivity index (χ0n) is 14.9. The topological polar surface area (TPSA) is 50.8 Å². The fourth-order valence-electron chi connectivity index (χ4n) is 2.19. The highest BCUT2D eigenvalue weighted by Crippen LogP contribution is 2.24. The van der Waals surface area contributed by atoms with Crippen LogP contribution in [0.5, 0.6) is 11.5 Å². The maximum Gasteiger partial charge on any atom is 0.255 e. The maximum atomic E-state index is 12.2. The lowest BCUT2D eigenvalue weighted by Crippen LogP contribution is -2.24. The number of carbonyl (C=O) groups is 1. The zero-order chi connectivity index (χ0) is 18.2. The minimum atomic E-state index is -0.239. The van der Waals surface area contributed by atoms with Gasteiger partial charge in [0, 0.05) is 31.4 Å². The van der Waals surface area contributed by atoms with Crippen molar-refractivity contribution in [2.24, 2.45) is 0 Å². The van der Waals surface area contributed by atoms with Gasteiger partial charge in [0.2, 0.25) is 0 Å². The molecule has 0 aliphatic rings. The largest absolute Gasteiger partial charge is 0.497 e. The van der Waals surface area contributed by atoms with Crippen LogP contribution in [-0.2, 0) is 0 Å². The van der Waals surface area contributed by atoms with E-state index in [1.807, 2.05) is 43.3 Å². The number of hydrogen-bond donors (Lipinski definition) is 1. The Morgan fingerprint density at radius 2 is 1.80 bits per heavy atom. The third-order valence-corrected chi connectivity index (χ3v) is 3.61. The minimum absolute atomic E-state index is 0.239. The molecule has 5 heteroatoms. The molecule has 0 saturated carbocycles. The van der Waals surface area contributed by atoms with Gasteiger partial charge in [-0.15, -0.1) is 0 Å². The van der Waals surface area contributed by atoms with Crippen molar-refractivity contribution in [1.82, 2.24) is 5.32 Å². The van der Waals surface area contributed by atoms with E-state index in [4.69, 9.17) is 9.47 Å². The van der Waals surface area contributed by atoms with Crippen molar-refractivity contribution >= 4 is 11.6 Å². The molecule has 2 aromatic carbocycles. The molecule has 0 bridgehead atoms. The summed E-state index contributed by atoms with van der Waals surface area (Å²) in [7, 11) is 7.06. The first-order chi connectivity index (χ1) is 12.0. The van der Waals surface area contributed by atoms with Gasteiger partial charge < -0.3 is 19.7 Å². The average molecular weight is 338 g/mol. The van der Waals surface area contributed by atoms with Gasteiger partial charge in [0.1, 0.15) is 11.5 Å². The van der Waals surface area contributed by atoms with Crippen LogP contribution in [0.3, 0.4) is 0 Å². The second-order valence-electron chi connectivity index (χ2n) is 5.49. The summed E-state index contributed by atoms with van der Waals surface area (Å²) in [6.45, 7) is 0.253. The first-order valence-electron chi connectivity index (χ1n) is 7.81. The Kier molecular flexibility index (Phi) is 6.30. The molecule has 0 spiro atoms. The van der Waals surface area contributed by atoms with E-state index < -0.39 is 0 Å². The number of carbonyl (C=O) groups excluding carboxylic acids is 1. The van der Waals surface area contributed by atoms with Gasteiger partial charge in [-0.1, -0.05) is 11.8 Å². The van der Waals surface area contributed by atoms with Gasteiger partial charge in [0.05, 0.1) is 26.3 Å². The van der Waals surface area contributed by atoms with Crippen molar-refractivity contribution < 1.29 is 14.3 Å². The number of anilines is 1. The third kappa shape index (κ3) is 4.92. The number of rotatable bonds is 5. The van der Waals surface area contributed by atoms with E-state index in [-0.39, 0.29) is 12.5 Å². The zero-order valence-corrected chi connectivity index (χ0v) is 14.9. The number of nitrogens with zero attached hydrogens (tertiary/aromatic N) is 1. The quantitative estimate of drug-likeness (QED) is 0.852. The molecule has 0 radical (unpaired) electrons. The van der Waals surface area contributed by atoms with E-state index in [0.29, 0.717) is 17.1 Å². The Balaban J connectivity index is 1.97. The van der Waals surface area contributed by atoms with Gasteiger partial charge in [-0.2, -0.15) is 0 Å². The van der Waals surface area contributed by atoms with E-state index in [1.165, 1.54) is 7.11 Å². The van der Waals surface area contributed by atoms with Crippen LogP contribution in [0.4, 0.5) is 5.69 Å². The summed E-state index contributed by atoms with van der Waals surface area (Å²) in [5, 5.41) is 2.77. The van der Waals surface area contributed by atoms with Crippen LogP contribution in [0, 0.1) is 11.8 Å². The van der Waals surface area contributed by atoms with Crippen LogP contribution >= 0.6 is 0 Å². The van der Waals surface area contributed by atoms with Crippen molar-refractivity contribution in [3.63, 3.8) is 0 Å². The Labute approximate surface area is 148 Å². The van der Waals surface area contributed by atoms with Crippen molar-refractivity contribution in [3.05, 3.63) is 53.6 Å².